The first kappa shape index (κ1) is 17.8. The summed E-state index contributed by atoms with van der Waals surface area (Å²) >= 11 is 0. The number of rotatable bonds is 7. The van der Waals surface area contributed by atoms with Crippen molar-refractivity contribution in [2.75, 3.05) is 28.2 Å². The summed E-state index contributed by atoms with van der Waals surface area (Å²) in [5.74, 6) is -0.146. The van der Waals surface area contributed by atoms with Crippen LogP contribution in [-0.4, -0.2) is 27.1 Å². The van der Waals surface area contributed by atoms with E-state index in [1.54, 1.807) is 24.3 Å². The quantitative estimate of drug-likeness (QED) is 0.719. The second-order valence-corrected chi connectivity index (χ2v) is 7.24. The Kier molecular flexibility index (Phi) is 5.81. The zero-order valence-electron chi connectivity index (χ0n) is 13.7. The van der Waals surface area contributed by atoms with Gasteiger partial charge in [-0.3, -0.25) is 9.52 Å². The van der Waals surface area contributed by atoms with E-state index in [1.165, 1.54) is 0 Å². The molecule has 1 amide bonds. The summed E-state index contributed by atoms with van der Waals surface area (Å²) in [4.78, 5) is 12.0. The van der Waals surface area contributed by atoms with Crippen LogP contribution in [0, 0.1) is 6.92 Å². The van der Waals surface area contributed by atoms with Crippen LogP contribution in [-0.2, 0) is 14.8 Å². The number of carbonyl (C=O) groups is 1. The summed E-state index contributed by atoms with van der Waals surface area (Å²) in [5, 5.41) is 5.97. The number of para-hydroxylation sites is 1. The molecule has 0 aromatic heterocycles. The van der Waals surface area contributed by atoms with Gasteiger partial charge in [0.2, 0.25) is 15.9 Å². The Morgan fingerprint density at radius 2 is 1.75 bits per heavy atom. The Morgan fingerprint density at radius 3 is 2.46 bits per heavy atom. The minimum absolute atomic E-state index is 0.146. The van der Waals surface area contributed by atoms with Crippen molar-refractivity contribution in [1.29, 1.82) is 0 Å². The number of carbonyl (C=O) groups excluding carboxylic acids is 1. The van der Waals surface area contributed by atoms with Crippen LogP contribution >= 0.6 is 0 Å². The maximum Gasteiger partial charge on any atom is 0.229 e. The molecule has 0 saturated carbocycles. The Bertz CT molecular complexity index is 819. The van der Waals surface area contributed by atoms with E-state index in [9.17, 15) is 13.2 Å². The van der Waals surface area contributed by atoms with Crippen molar-refractivity contribution in [3.05, 3.63) is 54.1 Å². The van der Waals surface area contributed by atoms with Gasteiger partial charge in [-0.25, -0.2) is 8.42 Å². The fraction of sp³-hybridized carbons (Fsp3) is 0.235. The molecule has 3 N–H and O–H groups in total. The van der Waals surface area contributed by atoms with Gasteiger partial charge in [0.15, 0.2) is 0 Å². The van der Waals surface area contributed by atoms with Crippen LogP contribution in [0.5, 0.6) is 0 Å². The van der Waals surface area contributed by atoms with Gasteiger partial charge in [0.05, 0.1) is 11.9 Å². The molecule has 0 aliphatic rings. The first-order valence-electron chi connectivity index (χ1n) is 7.51. The molecule has 2 aromatic carbocycles. The molecule has 0 spiro atoms. The number of benzene rings is 2. The van der Waals surface area contributed by atoms with Crippen molar-refractivity contribution in [3.8, 4) is 0 Å². The fourth-order valence-corrected chi connectivity index (χ4v) is 2.74. The molecule has 0 fully saturated rings. The van der Waals surface area contributed by atoms with Crippen LogP contribution < -0.4 is 15.4 Å². The van der Waals surface area contributed by atoms with Gasteiger partial charge >= 0.3 is 0 Å². The SMILES string of the molecule is Cc1ccccc1NCCC(=O)Nc1cccc(NS(C)(=O)=O)c1. The number of sulfonamides is 1. The van der Waals surface area contributed by atoms with Crippen LogP contribution in [0.2, 0.25) is 0 Å². The van der Waals surface area contributed by atoms with Crippen molar-refractivity contribution in [2.45, 2.75) is 13.3 Å². The van der Waals surface area contributed by atoms with E-state index in [4.69, 9.17) is 0 Å². The predicted octanol–water partition coefficient (Wildman–Crippen LogP) is 2.81. The molecule has 0 radical (unpaired) electrons. The average Bonchev–Trinajstić information content (AvgIpc) is 2.48. The summed E-state index contributed by atoms with van der Waals surface area (Å²) in [6, 6.07) is 14.5. The largest absolute Gasteiger partial charge is 0.384 e. The van der Waals surface area contributed by atoms with E-state index in [1.807, 2.05) is 31.2 Å². The Labute approximate surface area is 142 Å². The monoisotopic (exact) mass is 347 g/mol. The van der Waals surface area contributed by atoms with Crippen molar-refractivity contribution >= 4 is 33.0 Å². The summed E-state index contributed by atoms with van der Waals surface area (Å²) in [5.41, 5.74) is 3.08. The lowest BCUT2D eigenvalue weighted by Crippen LogP contribution is -2.16. The van der Waals surface area contributed by atoms with Crippen LogP contribution in [0.3, 0.4) is 0 Å². The second kappa shape index (κ2) is 7.83. The molecule has 128 valence electrons. The van der Waals surface area contributed by atoms with Crippen molar-refractivity contribution in [2.24, 2.45) is 0 Å². The van der Waals surface area contributed by atoms with E-state index in [2.05, 4.69) is 15.4 Å². The number of anilines is 3. The van der Waals surface area contributed by atoms with Gasteiger partial charge in [0.1, 0.15) is 0 Å². The highest BCUT2D eigenvalue weighted by molar-refractivity contribution is 7.92. The molecule has 0 unspecified atom stereocenters. The zero-order chi connectivity index (χ0) is 17.6. The van der Waals surface area contributed by atoms with Crippen molar-refractivity contribution in [3.63, 3.8) is 0 Å². The van der Waals surface area contributed by atoms with Crippen LogP contribution in [0.1, 0.15) is 12.0 Å². The van der Waals surface area contributed by atoms with Gasteiger partial charge in [0.25, 0.3) is 0 Å². The molecule has 0 bridgehead atoms. The average molecular weight is 347 g/mol. The molecule has 6 nitrogen and oxygen atoms in total. The lowest BCUT2D eigenvalue weighted by Gasteiger charge is -2.10. The molecule has 7 heteroatoms. The second-order valence-electron chi connectivity index (χ2n) is 5.49. The molecule has 0 aliphatic carbocycles. The molecular weight excluding hydrogens is 326 g/mol. The highest BCUT2D eigenvalue weighted by Gasteiger charge is 2.06. The highest BCUT2D eigenvalue weighted by atomic mass is 32.2. The lowest BCUT2D eigenvalue weighted by atomic mass is 10.2. The zero-order valence-corrected chi connectivity index (χ0v) is 14.5. The molecular formula is C17H21N3O3S. The highest BCUT2D eigenvalue weighted by Crippen LogP contribution is 2.16. The predicted molar refractivity (Wildman–Crippen MR) is 97.8 cm³/mol. The third-order valence-corrected chi connectivity index (χ3v) is 3.87. The fourth-order valence-electron chi connectivity index (χ4n) is 2.18. The summed E-state index contributed by atoms with van der Waals surface area (Å²) in [6.07, 6.45) is 1.38. The van der Waals surface area contributed by atoms with E-state index < -0.39 is 10.0 Å². The summed E-state index contributed by atoms with van der Waals surface area (Å²) < 4.78 is 24.8. The normalized spacial score (nSPS) is 10.9. The standard InChI is InChI=1S/C17H21N3O3S/c1-13-6-3-4-9-16(13)18-11-10-17(21)19-14-7-5-8-15(12-14)20-24(2,22)23/h3-9,12,18,20H,10-11H2,1-2H3,(H,19,21). The Hall–Kier alpha value is -2.54. The minimum Gasteiger partial charge on any atom is -0.384 e. The molecule has 0 aliphatic heterocycles. The molecule has 2 rings (SSSR count). The molecule has 2 aromatic rings. The van der Waals surface area contributed by atoms with Crippen molar-refractivity contribution in [1.82, 2.24) is 0 Å². The van der Waals surface area contributed by atoms with E-state index in [0.717, 1.165) is 17.5 Å². The molecule has 0 saturated heterocycles. The smallest absolute Gasteiger partial charge is 0.229 e. The molecule has 0 heterocycles. The third kappa shape index (κ3) is 5.92. The van der Waals surface area contributed by atoms with E-state index in [-0.39, 0.29) is 5.91 Å². The Morgan fingerprint density at radius 1 is 1.04 bits per heavy atom. The number of nitrogens with one attached hydrogen (secondary N) is 3. The van der Waals surface area contributed by atoms with Gasteiger partial charge in [-0.05, 0) is 36.8 Å². The van der Waals surface area contributed by atoms with Gasteiger partial charge in [-0.2, -0.15) is 0 Å². The lowest BCUT2D eigenvalue weighted by molar-refractivity contribution is -0.115. The number of amides is 1. The van der Waals surface area contributed by atoms with Crippen molar-refractivity contribution < 1.29 is 13.2 Å². The maximum absolute atomic E-state index is 12.0. The van der Waals surface area contributed by atoms with E-state index >= 15 is 0 Å². The summed E-state index contributed by atoms with van der Waals surface area (Å²) in [7, 11) is -3.34. The number of aryl methyl sites for hydroxylation is 1. The molecule has 24 heavy (non-hydrogen) atoms. The topological polar surface area (TPSA) is 87.3 Å². The summed E-state index contributed by atoms with van der Waals surface area (Å²) in [6.45, 7) is 2.51. The number of hydrogen-bond acceptors (Lipinski definition) is 4. The Balaban J connectivity index is 1.86. The van der Waals surface area contributed by atoms with Crippen LogP contribution in [0.4, 0.5) is 17.1 Å². The van der Waals surface area contributed by atoms with Gasteiger partial charge in [-0.15, -0.1) is 0 Å². The first-order chi connectivity index (χ1) is 11.3. The van der Waals surface area contributed by atoms with Gasteiger partial charge in [0, 0.05) is 24.3 Å². The maximum atomic E-state index is 12.0. The van der Waals surface area contributed by atoms with Gasteiger partial charge < -0.3 is 10.6 Å². The molecule has 0 atom stereocenters. The number of hydrogen-bond donors (Lipinski definition) is 3. The van der Waals surface area contributed by atoms with Gasteiger partial charge in [-0.1, -0.05) is 24.3 Å². The van der Waals surface area contributed by atoms with E-state index in [0.29, 0.717) is 24.3 Å². The third-order valence-electron chi connectivity index (χ3n) is 3.26. The van der Waals surface area contributed by atoms with Crippen LogP contribution in [0.15, 0.2) is 48.5 Å². The minimum atomic E-state index is -3.34. The van der Waals surface area contributed by atoms with Crippen LogP contribution in [0.25, 0.3) is 0 Å². The first-order valence-corrected chi connectivity index (χ1v) is 9.40.